The molecule has 0 saturated carbocycles. The zero-order valence-corrected chi connectivity index (χ0v) is 8.60. The predicted octanol–water partition coefficient (Wildman–Crippen LogP) is 2.22. The largest absolute Gasteiger partial charge is 0.376 e. The van der Waals surface area contributed by atoms with E-state index in [1.165, 1.54) is 5.56 Å². The highest BCUT2D eigenvalue weighted by Gasteiger charge is 1.95. The van der Waals surface area contributed by atoms with Gasteiger partial charge in [0.15, 0.2) is 0 Å². The van der Waals surface area contributed by atoms with Gasteiger partial charge in [-0.2, -0.15) is 0 Å². The molecule has 14 heavy (non-hydrogen) atoms. The number of carbonyl (C=O) groups is 1. The van der Waals surface area contributed by atoms with Gasteiger partial charge in [0, 0.05) is 25.4 Å². The number of aldehydes is 1. The Balaban J connectivity index is 2.58. The van der Waals surface area contributed by atoms with Gasteiger partial charge in [-0.25, -0.2) is 0 Å². The predicted molar refractivity (Wildman–Crippen MR) is 57.7 cm³/mol. The quantitative estimate of drug-likeness (QED) is 0.534. The van der Waals surface area contributed by atoms with Crippen LogP contribution in [0.25, 0.3) is 0 Å². The van der Waals surface area contributed by atoms with Gasteiger partial charge in [-0.15, -0.1) is 0 Å². The van der Waals surface area contributed by atoms with Crippen LogP contribution in [0, 0.1) is 0 Å². The Labute approximate surface area is 84.9 Å². The Hall–Kier alpha value is -1.57. The summed E-state index contributed by atoms with van der Waals surface area (Å²) in [6.45, 7) is 2.63. The number of rotatable bonds is 4. The molecule has 0 radical (unpaired) electrons. The summed E-state index contributed by atoms with van der Waals surface area (Å²) < 4.78 is 0. The van der Waals surface area contributed by atoms with Gasteiger partial charge in [-0.05, 0) is 12.5 Å². The van der Waals surface area contributed by atoms with Crippen molar-refractivity contribution in [3.05, 3.63) is 47.7 Å². The maximum absolute atomic E-state index is 10.4. The van der Waals surface area contributed by atoms with Crippen LogP contribution in [-0.2, 0) is 11.3 Å². The molecule has 0 aromatic heterocycles. The standard InChI is InChI=1S/C12H15NO/c1-11(10-14)8-13(2)9-12-6-4-3-5-7-12/h3-8,10H,9H2,1-2H3. The Morgan fingerprint density at radius 1 is 1.36 bits per heavy atom. The number of hydrogen-bond acceptors (Lipinski definition) is 2. The van der Waals surface area contributed by atoms with E-state index in [0.29, 0.717) is 0 Å². The summed E-state index contributed by atoms with van der Waals surface area (Å²) >= 11 is 0. The van der Waals surface area contributed by atoms with Gasteiger partial charge in [0.05, 0.1) is 0 Å². The highest BCUT2D eigenvalue weighted by Crippen LogP contribution is 2.03. The highest BCUT2D eigenvalue weighted by molar-refractivity contribution is 5.71. The second-order valence-corrected chi connectivity index (χ2v) is 3.39. The average molecular weight is 189 g/mol. The Morgan fingerprint density at radius 2 is 2.00 bits per heavy atom. The molecular weight excluding hydrogens is 174 g/mol. The van der Waals surface area contributed by atoms with E-state index < -0.39 is 0 Å². The van der Waals surface area contributed by atoms with Gasteiger partial charge in [-0.1, -0.05) is 30.3 Å². The molecule has 0 N–H and O–H groups in total. The van der Waals surface area contributed by atoms with Gasteiger partial charge in [0.1, 0.15) is 6.29 Å². The first-order valence-electron chi connectivity index (χ1n) is 4.60. The number of allylic oxidation sites excluding steroid dienone is 1. The lowest BCUT2D eigenvalue weighted by Crippen LogP contribution is -2.10. The summed E-state index contributed by atoms with van der Waals surface area (Å²) in [5, 5.41) is 0. The van der Waals surface area contributed by atoms with Crippen LogP contribution in [0.4, 0.5) is 0 Å². The minimum atomic E-state index is 0.739. The van der Waals surface area contributed by atoms with Crippen molar-refractivity contribution >= 4 is 6.29 Å². The van der Waals surface area contributed by atoms with Crippen molar-refractivity contribution < 1.29 is 4.79 Å². The molecule has 2 nitrogen and oxygen atoms in total. The number of hydrogen-bond donors (Lipinski definition) is 0. The van der Waals surface area contributed by atoms with Crippen molar-refractivity contribution in [2.45, 2.75) is 13.5 Å². The number of nitrogens with zero attached hydrogens (tertiary/aromatic N) is 1. The van der Waals surface area contributed by atoms with Gasteiger partial charge in [0.2, 0.25) is 0 Å². The molecule has 0 amide bonds. The summed E-state index contributed by atoms with van der Waals surface area (Å²) in [7, 11) is 1.96. The fraction of sp³-hybridized carbons (Fsp3) is 0.250. The lowest BCUT2D eigenvalue weighted by Gasteiger charge is -2.14. The molecule has 0 atom stereocenters. The second-order valence-electron chi connectivity index (χ2n) is 3.39. The van der Waals surface area contributed by atoms with Crippen LogP contribution in [0.15, 0.2) is 42.1 Å². The van der Waals surface area contributed by atoms with Crippen molar-refractivity contribution in [3.63, 3.8) is 0 Å². The third kappa shape index (κ3) is 3.44. The first kappa shape index (κ1) is 10.5. The molecule has 0 fully saturated rings. The number of benzene rings is 1. The maximum Gasteiger partial charge on any atom is 0.147 e. The van der Waals surface area contributed by atoms with Crippen molar-refractivity contribution in [3.8, 4) is 0 Å². The van der Waals surface area contributed by atoms with E-state index in [4.69, 9.17) is 0 Å². The van der Waals surface area contributed by atoms with Crippen molar-refractivity contribution in [1.29, 1.82) is 0 Å². The first-order chi connectivity index (χ1) is 6.72. The summed E-state index contributed by atoms with van der Waals surface area (Å²) in [5.74, 6) is 0. The SMILES string of the molecule is CC(C=O)=CN(C)Cc1ccccc1. The summed E-state index contributed by atoms with van der Waals surface area (Å²) in [6, 6.07) is 10.2. The molecule has 74 valence electrons. The molecule has 0 aliphatic heterocycles. The van der Waals surface area contributed by atoms with E-state index >= 15 is 0 Å². The van der Waals surface area contributed by atoms with Crippen LogP contribution >= 0.6 is 0 Å². The first-order valence-corrected chi connectivity index (χ1v) is 4.60. The topological polar surface area (TPSA) is 20.3 Å². The fourth-order valence-electron chi connectivity index (χ4n) is 1.30. The van der Waals surface area contributed by atoms with Crippen LogP contribution in [0.3, 0.4) is 0 Å². The van der Waals surface area contributed by atoms with Crippen molar-refractivity contribution in [1.82, 2.24) is 4.90 Å². The second kappa shape index (κ2) is 5.22. The smallest absolute Gasteiger partial charge is 0.147 e. The van der Waals surface area contributed by atoms with E-state index in [-0.39, 0.29) is 0 Å². The Kier molecular flexibility index (Phi) is 3.92. The molecule has 0 aliphatic rings. The third-order valence-electron chi connectivity index (χ3n) is 1.88. The molecule has 1 rings (SSSR count). The molecule has 0 spiro atoms. The van der Waals surface area contributed by atoms with E-state index in [1.54, 1.807) is 6.92 Å². The molecule has 2 heteroatoms. The molecule has 0 heterocycles. The lowest BCUT2D eigenvalue weighted by atomic mass is 10.2. The van der Waals surface area contributed by atoms with E-state index in [2.05, 4.69) is 12.1 Å². The van der Waals surface area contributed by atoms with Gasteiger partial charge >= 0.3 is 0 Å². The Bertz CT molecular complexity index is 316. The van der Waals surface area contributed by atoms with Gasteiger partial charge < -0.3 is 4.90 Å². The molecule has 0 bridgehead atoms. The molecule has 1 aromatic carbocycles. The molecule has 0 aliphatic carbocycles. The van der Waals surface area contributed by atoms with Crippen LogP contribution in [0.5, 0.6) is 0 Å². The zero-order valence-electron chi connectivity index (χ0n) is 8.60. The van der Waals surface area contributed by atoms with Crippen LogP contribution < -0.4 is 0 Å². The fourth-order valence-corrected chi connectivity index (χ4v) is 1.30. The van der Waals surface area contributed by atoms with Gasteiger partial charge in [0.25, 0.3) is 0 Å². The van der Waals surface area contributed by atoms with E-state index in [9.17, 15) is 4.79 Å². The normalized spacial score (nSPS) is 11.1. The van der Waals surface area contributed by atoms with Crippen LogP contribution in [0.1, 0.15) is 12.5 Å². The molecule has 1 aromatic rings. The van der Waals surface area contributed by atoms with E-state index in [0.717, 1.165) is 18.4 Å². The average Bonchev–Trinajstić information content (AvgIpc) is 2.19. The summed E-state index contributed by atoms with van der Waals surface area (Å²) in [6.07, 6.45) is 2.71. The zero-order chi connectivity index (χ0) is 10.4. The van der Waals surface area contributed by atoms with Crippen LogP contribution in [-0.4, -0.2) is 18.2 Å². The molecule has 0 unspecified atom stereocenters. The number of carbonyl (C=O) groups excluding carboxylic acids is 1. The highest BCUT2D eigenvalue weighted by atomic mass is 16.1. The Morgan fingerprint density at radius 3 is 2.57 bits per heavy atom. The monoisotopic (exact) mass is 189 g/mol. The summed E-state index contributed by atoms with van der Waals surface area (Å²) in [4.78, 5) is 12.4. The van der Waals surface area contributed by atoms with Crippen LogP contribution in [0.2, 0.25) is 0 Å². The van der Waals surface area contributed by atoms with E-state index in [1.807, 2.05) is 36.3 Å². The third-order valence-corrected chi connectivity index (χ3v) is 1.88. The van der Waals surface area contributed by atoms with Crippen molar-refractivity contribution in [2.24, 2.45) is 0 Å². The van der Waals surface area contributed by atoms with Gasteiger partial charge in [-0.3, -0.25) is 4.79 Å². The minimum Gasteiger partial charge on any atom is -0.376 e. The lowest BCUT2D eigenvalue weighted by molar-refractivity contribution is -0.104. The summed E-state index contributed by atoms with van der Waals surface area (Å²) in [5.41, 5.74) is 1.98. The maximum atomic E-state index is 10.4. The molecule has 0 saturated heterocycles. The minimum absolute atomic E-state index is 0.739. The van der Waals surface area contributed by atoms with Crippen molar-refractivity contribution in [2.75, 3.05) is 7.05 Å². The molecular formula is C12H15NO.